The van der Waals surface area contributed by atoms with Crippen LogP contribution in [0.4, 0.5) is 0 Å². The minimum atomic E-state index is 0. The Morgan fingerprint density at radius 1 is 1.29 bits per heavy atom. The van der Waals surface area contributed by atoms with Crippen LogP contribution in [0.1, 0.15) is 5.56 Å². The highest BCUT2D eigenvalue weighted by Gasteiger charge is 2.05. The van der Waals surface area contributed by atoms with E-state index < -0.39 is 0 Å². The molecule has 0 heterocycles. The Kier molecular flexibility index (Phi) is 5.93. The molecule has 0 fully saturated rings. The van der Waals surface area contributed by atoms with Crippen molar-refractivity contribution in [2.24, 2.45) is 0 Å². The summed E-state index contributed by atoms with van der Waals surface area (Å²) in [4.78, 5) is 0. The molecule has 2 N–H and O–H groups in total. The number of nitrogens with two attached hydrogens (primary N) is 1. The van der Waals surface area contributed by atoms with Crippen molar-refractivity contribution < 1.29 is 22.6 Å². The number of rotatable bonds is 2. The molecule has 2 nitrogen and oxygen atoms in total. The van der Waals surface area contributed by atoms with Crippen molar-refractivity contribution in [3.05, 3.63) is 33.8 Å². The first kappa shape index (κ1) is 13.6. The predicted octanol–water partition coefficient (Wildman–Crippen LogP) is -1.66. The second kappa shape index (κ2) is 6.12. The topological polar surface area (TPSA) is 34.8 Å². The Bertz CT molecular complexity index is 308. The van der Waals surface area contributed by atoms with Crippen LogP contribution >= 0.6 is 23.2 Å². The molecule has 1 aromatic carbocycles. The quantitative estimate of drug-likeness (QED) is 0.498. The lowest BCUT2D eigenvalue weighted by molar-refractivity contribution is -0.139. The molecule has 14 heavy (non-hydrogen) atoms. The summed E-state index contributed by atoms with van der Waals surface area (Å²) < 4.78 is 4.84. The van der Waals surface area contributed by atoms with E-state index in [2.05, 4.69) is 0 Å². The summed E-state index contributed by atoms with van der Waals surface area (Å²) in [6.07, 6.45) is 0.525. The molecule has 1 rings (SSSR count). The third kappa shape index (κ3) is 4.18. The molecule has 0 amide bonds. The van der Waals surface area contributed by atoms with E-state index in [1.54, 1.807) is 18.2 Å². The smallest absolute Gasteiger partial charge is 0.337 e. The van der Waals surface area contributed by atoms with E-state index in [4.69, 9.17) is 33.3 Å². The van der Waals surface area contributed by atoms with E-state index in [-0.39, 0.29) is 12.4 Å². The molecule has 0 atom stereocenters. The maximum absolute atomic E-state index is 5.80. The van der Waals surface area contributed by atoms with Crippen molar-refractivity contribution in [2.45, 2.75) is 6.42 Å². The van der Waals surface area contributed by atoms with E-state index in [9.17, 15) is 0 Å². The zero-order chi connectivity index (χ0) is 9.84. The maximum atomic E-state index is 5.80. The highest BCUT2D eigenvalue weighted by Crippen LogP contribution is 2.19. The summed E-state index contributed by atoms with van der Waals surface area (Å²) in [5, 5.41) is 6.72. The standard InChI is InChI=1S/C9H9Cl2NO.ClH/c1-13-9(12)4-6-2-7(10)5-8(11)3-6;/h2-3,5,12H,4H2,1H3;1H. The summed E-state index contributed by atoms with van der Waals surface area (Å²) in [5.74, 6) is 0.443. The molecule has 5 heteroatoms. The lowest BCUT2D eigenvalue weighted by Crippen LogP contribution is -3.00. The van der Waals surface area contributed by atoms with Crippen molar-refractivity contribution in [3.8, 4) is 0 Å². The van der Waals surface area contributed by atoms with Crippen LogP contribution in [0.2, 0.25) is 10.0 Å². The van der Waals surface area contributed by atoms with Crippen molar-refractivity contribution in [2.75, 3.05) is 7.11 Å². The van der Waals surface area contributed by atoms with Gasteiger partial charge in [0.25, 0.3) is 0 Å². The monoisotopic (exact) mass is 253 g/mol. The van der Waals surface area contributed by atoms with E-state index in [1.165, 1.54) is 7.11 Å². The minimum Gasteiger partial charge on any atom is -1.00 e. The highest BCUT2D eigenvalue weighted by molar-refractivity contribution is 6.34. The molecule has 0 saturated carbocycles. The van der Waals surface area contributed by atoms with Crippen LogP contribution in [0.25, 0.3) is 0 Å². The Morgan fingerprint density at radius 3 is 2.21 bits per heavy atom. The molecule has 0 bridgehead atoms. The highest BCUT2D eigenvalue weighted by atomic mass is 35.5. The van der Waals surface area contributed by atoms with Crippen molar-refractivity contribution in [1.29, 1.82) is 0 Å². The van der Waals surface area contributed by atoms with Crippen LogP contribution in [0.15, 0.2) is 18.2 Å². The van der Waals surface area contributed by atoms with Gasteiger partial charge in [-0.05, 0) is 23.8 Å². The third-order valence-corrected chi connectivity index (χ3v) is 2.00. The molecular formula is C9H10Cl3NO. The zero-order valence-corrected chi connectivity index (χ0v) is 9.83. The number of halogens is 3. The Morgan fingerprint density at radius 2 is 1.79 bits per heavy atom. The molecule has 0 aliphatic heterocycles. The lowest BCUT2D eigenvalue weighted by Gasteiger charge is -2.00. The first-order valence-electron chi connectivity index (χ1n) is 3.72. The third-order valence-electron chi connectivity index (χ3n) is 1.56. The molecule has 0 saturated heterocycles. The van der Waals surface area contributed by atoms with Crippen LogP contribution < -0.4 is 17.8 Å². The lowest BCUT2D eigenvalue weighted by atomic mass is 10.1. The molecule has 1 aromatic rings. The average molecular weight is 255 g/mol. The average Bonchev–Trinajstić information content (AvgIpc) is 2.02. The Balaban J connectivity index is 0.00000169. The summed E-state index contributed by atoms with van der Waals surface area (Å²) in [6.45, 7) is 0. The predicted molar refractivity (Wildman–Crippen MR) is 54.1 cm³/mol. The Labute approximate surface area is 99.1 Å². The van der Waals surface area contributed by atoms with Crippen molar-refractivity contribution in [1.82, 2.24) is 0 Å². The first-order valence-corrected chi connectivity index (χ1v) is 4.47. The van der Waals surface area contributed by atoms with Crippen LogP contribution in [0.5, 0.6) is 0 Å². The summed E-state index contributed by atoms with van der Waals surface area (Å²) in [7, 11) is 1.53. The van der Waals surface area contributed by atoms with Gasteiger partial charge in [0.15, 0.2) is 0 Å². The molecule has 0 aromatic heterocycles. The van der Waals surface area contributed by atoms with Gasteiger partial charge >= 0.3 is 5.90 Å². The molecule has 0 unspecified atom stereocenters. The summed E-state index contributed by atoms with van der Waals surface area (Å²) in [5.41, 5.74) is 0.942. The van der Waals surface area contributed by atoms with E-state index in [0.29, 0.717) is 22.4 Å². The van der Waals surface area contributed by atoms with E-state index in [1.807, 2.05) is 0 Å². The SMILES string of the molecule is COC(=[NH2+])Cc1cc(Cl)cc(Cl)c1.[Cl-]. The van der Waals surface area contributed by atoms with Crippen molar-refractivity contribution in [3.63, 3.8) is 0 Å². The van der Waals surface area contributed by atoms with Gasteiger partial charge in [-0.1, -0.05) is 23.2 Å². The van der Waals surface area contributed by atoms with Gasteiger partial charge in [0.1, 0.15) is 0 Å². The van der Waals surface area contributed by atoms with Gasteiger partial charge in [0.2, 0.25) is 0 Å². The van der Waals surface area contributed by atoms with Gasteiger partial charge in [-0.15, -0.1) is 0 Å². The Hall–Kier alpha value is -0.440. The van der Waals surface area contributed by atoms with Gasteiger partial charge in [-0.3, -0.25) is 0 Å². The number of hydrogen-bond donors (Lipinski definition) is 1. The number of hydrogen-bond acceptors (Lipinski definition) is 1. The minimum absolute atomic E-state index is 0. The van der Waals surface area contributed by atoms with Crippen LogP contribution in [0.3, 0.4) is 0 Å². The molecular weight excluding hydrogens is 244 g/mol. The van der Waals surface area contributed by atoms with Crippen molar-refractivity contribution >= 4 is 29.1 Å². The molecule has 0 aliphatic rings. The first-order chi connectivity index (χ1) is 6.11. The molecule has 78 valence electrons. The fourth-order valence-electron chi connectivity index (χ4n) is 0.986. The molecule has 0 aliphatic carbocycles. The normalized spacial score (nSPS) is 9.07. The molecule has 0 radical (unpaired) electrons. The zero-order valence-electron chi connectivity index (χ0n) is 7.56. The fraction of sp³-hybridized carbons (Fsp3) is 0.222. The van der Waals surface area contributed by atoms with Gasteiger partial charge in [0.05, 0.1) is 13.5 Å². The van der Waals surface area contributed by atoms with Crippen LogP contribution in [-0.4, -0.2) is 13.0 Å². The van der Waals surface area contributed by atoms with Gasteiger partial charge in [-0.25, -0.2) is 5.41 Å². The number of ether oxygens (including phenoxy) is 1. The largest absolute Gasteiger partial charge is 1.00 e. The number of benzene rings is 1. The summed E-state index contributed by atoms with van der Waals surface area (Å²) >= 11 is 11.6. The van der Waals surface area contributed by atoms with Gasteiger partial charge < -0.3 is 17.1 Å². The van der Waals surface area contributed by atoms with Crippen LogP contribution in [-0.2, 0) is 11.2 Å². The summed E-state index contributed by atoms with van der Waals surface area (Å²) in [6, 6.07) is 5.29. The fourth-order valence-corrected chi connectivity index (χ4v) is 1.56. The van der Waals surface area contributed by atoms with Crippen LogP contribution in [0, 0.1) is 0 Å². The van der Waals surface area contributed by atoms with Gasteiger partial charge in [0, 0.05) is 10.0 Å². The number of methoxy groups -OCH3 is 1. The van der Waals surface area contributed by atoms with Gasteiger partial charge in [-0.2, -0.15) is 0 Å². The van der Waals surface area contributed by atoms with E-state index >= 15 is 0 Å². The second-order valence-corrected chi connectivity index (χ2v) is 3.50. The van der Waals surface area contributed by atoms with E-state index in [0.717, 1.165) is 5.56 Å². The maximum Gasteiger partial charge on any atom is 0.337 e. The second-order valence-electron chi connectivity index (χ2n) is 2.62. The molecule has 0 spiro atoms.